The third kappa shape index (κ3) is 6.85. The van der Waals surface area contributed by atoms with Crippen LogP contribution in [0.1, 0.15) is 18.4 Å². The summed E-state index contributed by atoms with van der Waals surface area (Å²) in [7, 11) is 1.31. The molecule has 1 N–H and O–H groups in total. The first kappa shape index (κ1) is 18.4. The van der Waals surface area contributed by atoms with Gasteiger partial charge in [-0.3, -0.25) is 9.59 Å². The minimum absolute atomic E-state index is 0.126. The molecule has 0 saturated carbocycles. The Kier molecular flexibility index (Phi) is 8.43. The van der Waals surface area contributed by atoms with Crippen molar-refractivity contribution < 1.29 is 18.7 Å². The Morgan fingerprint density at radius 3 is 2.64 bits per heavy atom. The standard InChI is InChI=1S/C16H19BrFNO3/c1-22-16(21)13(10-12-5-7-14(18)8-6-12)11-19-15(20)4-2-3-9-17/h3,5-9,13H,2,4,10-11H2,1H3,(H,19,20)/b9-3+. The molecular formula is C16H19BrFNO3. The second kappa shape index (κ2) is 10.1. The van der Waals surface area contributed by atoms with Crippen LogP contribution in [0.25, 0.3) is 0 Å². The molecule has 6 heteroatoms. The van der Waals surface area contributed by atoms with Gasteiger partial charge in [0.2, 0.25) is 5.91 Å². The molecule has 1 aromatic carbocycles. The van der Waals surface area contributed by atoms with Crippen LogP contribution in [0, 0.1) is 11.7 Å². The number of amides is 1. The second-order valence-corrected chi connectivity index (χ2v) is 5.28. The van der Waals surface area contributed by atoms with Crippen LogP contribution in [0.2, 0.25) is 0 Å². The van der Waals surface area contributed by atoms with E-state index in [1.165, 1.54) is 19.2 Å². The molecule has 0 saturated heterocycles. The fraction of sp³-hybridized carbons (Fsp3) is 0.375. The second-order valence-electron chi connectivity index (χ2n) is 4.76. The van der Waals surface area contributed by atoms with Gasteiger partial charge >= 0.3 is 5.97 Å². The van der Waals surface area contributed by atoms with E-state index < -0.39 is 11.9 Å². The molecule has 120 valence electrons. The van der Waals surface area contributed by atoms with Gasteiger partial charge in [0.1, 0.15) is 5.82 Å². The van der Waals surface area contributed by atoms with Crippen LogP contribution in [0.4, 0.5) is 4.39 Å². The topological polar surface area (TPSA) is 55.4 Å². The summed E-state index contributed by atoms with van der Waals surface area (Å²) in [6.07, 6.45) is 3.19. The maximum atomic E-state index is 12.9. The van der Waals surface area contributed by atoms with Crippen molar-refractivity contribution in [1.29, 1.82) is 0 Å². The number of halogens is 2. The average Bonchev–Trinajstić information content (AvgIpc) is 2.52. The van der Waals surface area contributed by atoms with Crippen molar-refractivity contribution in [3.8, 4) is 0 Å². The number of carbonyl (C=O) groups excluding carboxylic acids is 2. The summed E-state index contributed by atoms with van der Waals surface area (Å²) >= 11 is 3.13. The number of rotatable bonds is 8. The fourth-order valence-electron chi connectivity index (χ4n) is 1.91. The highest BCUT2D eigenvalue weighted by molar-refractivity contribution is 9.11. The Labute approximate surface area is 137 Å². The number of ether oxygens (including phenoxy) is 1. The summed E-state index contributed by atoms with van der Waals surface area (Å²) in [4.78, 5) is 25.2. The molecule has 1 atom stereocenters. The molecule has 0 heterocycles. The maximum Gasteiger partial charge on any atom is 0.310 e. The number of hydrogen-bond acceptors (Lipinski definition) is 3. The maximum absolute atomic E-state index is 12.9. The molecule has 0 bridgehead atoms. The summed E-state index contributed by atoms with van der Waals surface area (Å²) in [5.41, 5.74) is 0.813. The number of benzene rings is 1. The first-order valence-corrected chi connectivity index (χ1v) is 7.82. The van der Waals surface area contributed by atoms with Gasteiger partial charge in [-0.05, 0) is 35.5 Å². The molecule has 0 aliphatic heterocycles. The van der Waals surface area contributed by atoms with E-state index >= 15 is 0 Å². The lowest BCUT2D eigenvalue weighted by Gasteiger charge is -2.15. The quantitative estimate of drug-likeness (QED) is 0.714. The fourth-order valence-corrected chi connectivity index (χ4v) is 2.18. The van der Waals surface area contributed by atoms with Crippen LogP contribution in [0.15, 0.2) is 35.3 Å². The Morgan fingerprint density at radius 1 is 1.36 bits per heavy atom. The molecule has 0 aliphatic carbocycles. The molecule has 0 fully saturated rings. The molecule has 1 aromatic rings. The highest BCUT2D eigenvalue weighted by Crippen LogP contribution is 2.11. The Morgan fingerprint density at radius 2 is 2.05 bits per heavy atom. The minimum atomic E-state index is -0.494. The summed E-state index contributed by atoms with van der Waals surface area (Å²) < 4.78 is 17.7. The predicted molar refractivity (Wildman–Crippen MR) is 85.9 cm³/mol. The summed E-state index contributed by atoms with van der Waals surface area (Å²) in [6.45, 7) is 0.195. The van der Waals surface area contributed by atoms with E-state index in [-0.39, 0.29) is 18.3 Å². The summed E-state index contributed by atoms with van der Waals surface area (Å²) in [5, 5.41) is 2.73. The average molecular weight is 372 g/mol. The lowest BCUT2D eigenvalue weighted by atomic mass is 9.99. The SMILES string of the molecule is COC(=O)C(CNC(=O)CC/C=C/Br)Cc1ccc(F)cc1. The van der Waals surface area contributed by atoms with E-state index in [0.29, 0.717) is 19.3 Å². The van der Waals surface area contributed by atoms with Crippen molar-refractivity contribution in [3.63, 3.8) is 0 Å². The van der Waals surface area contributed by atoms with E-state index in [1.807, 2.05) is 6.08 Å². The van der Waals surface area contributed by atoms with Crippen LogP contribution in [0.5, 0.6) is 0 Å². The molecule has 0 aliphatic rings. The predicted octanol–water partition coefficient (Wildman–Crippen LogP) is 2.96. The van der Waals surface area contributed by atoms with Crippen molar-refractivity contribution in [3.05, 3.63) is 46.7 Å². The Bertz CT molecular complexity index is 517. The van der Waals surface area contributed by atoms with Gasteiger partial charge in [0, 0.05) is 13.0 Å². The number of hydrogen-bond donors (Lipinski definition) is 1. The first-order valence-electron chi connectivity index (χ1n) is 6.91. The van der Waals surface area contributed by atoms with Gasteiger partial charge in [-0.2, -0.15) is 0 Å². The Balaban J connectivity index is 2.55. The van der Waals surface area contributed by atoms with Crippen molar-refractivity contribution in [2.24, 2.45) is 5.92 Å². The smallest absolute Gasteiger partial charge is 0.310 e. The molecule has 0 radical (unpaired) electrons. The third-order valence-electron chi connectivity index (χ3n) is 3.10. The number of methoxy groups -OCH3 is 1. The van der Waals surface area contributed by atoms with E-state index in [2.05, 4.69) is 21.2 Å². The van der Waals surface area contributed by atoms with Crippen molar-refractivity contribution in [1.82, 2.24) is 5.32 Å². The van der Waals surface area contributed by atoms with Crippen LogP contribution < -0.4 is 5.32 Å². The van der Waals surface area contributed by atoms with Crippen LogP contribution in [-0.4, -0.2) is 25.5 Å². The van der Waals surface area contributed by atoms with Gasteiger partial charge in [-0.1, -0.05) is 34.1 Å². The van der Waals surface area contributed by atoms with Gasteiger partial charge < -0.3 is 10.1 Å². The van der Waals surface area contributed by atoms with E-state index in [0.717, 1.165) is 5.56 Å². The molecule has 4 nitrogen and oxygen atoms in total. The zero-order valence-electron chi connectivity index (χ0n) is 12.4. The van der Waals surface area contributed by atoms with Crippen LogP contribution in [0.3, 0.4) is 0 Å². The highest BCUT2D eigenvalue weighted by Gasteiger charge is 2.20. The van der Waals surface area contributed by atoms with E-state index in [4.69, 9.17) is 4.74 Å². The van der Waals surface area contributed by atoms with Gasteiger partial charge in [0.25, 0.3) is 0 Å². The molecule has 1 rings (SSSR count). The van der Waals surface area contributed by atoms with E-state index in [9.17, 15) is 14.0 Å². The number of esters is 1. The zero-order chi connectivity index (χ0) is 16.4. The minimum Gasteiger partial charge on any atom is -0.469 e. The first-order chi connectivity index (χ1) is 10.6. The van der Waals surface area contributed by atoms with Crippen molar-refractivity contribution >= 4 is 27.8 Å². The molecule has 0 aromatic heterocycles. The summed E-state index contributed by atoms with van der Waals surface area (Å²) in [5.74, 6) is -1.35. The van der Waals surface area contributed by atoms with Crippen LogP contribution >= 0.6 is 15.9 Å². The van der Waals surface area contributed by atoms with Gasteiger partial charge in [-0.15, -0.1) is 0 Å². The highest BCUT2D eigenvalue weighted by atomic mass is 79.9. The lowest BCUT2D eigenvalue weighted by Crippen LogP contribution is -2.34. The number of allylic oxidation sites excluding steroid dienone is 1. The van der Waals surface area contributed by atoms with E-state index in [1.54, 1.807) is 17.1 Å². The third-order valence-corrected chi connectivity index (χ3v) is 3.48. The van der Waals surface area contributed by atoms with Gasteiger partial charge in [-0.25, -0.2) is 4.39 Å². The zero-order valence-corrected chi connectivity index (χ0v) is 13.9. The molecule has 0 spiro atoms. The molecular weight excluding hydrogens is 353 g/mol. The van der Waals surface area contributed by atoms with Gasteiger partial charge in [0.15, 0.2) is 0 Å². The van der Waals surface area contributed by atoms with Gasteiger partial charge in [0.05, 0.1) is 13.0 Å². The Hall–Kier alpha value is -1.69. The van der Waals surface area contributed by atoms with Crippen molar-refractivity contribution in [2.75, 3.05) is 13.7 Å². The largest absolute Gasteiger partial charge is 0.469 e. The summed E-state index contributed by atoms with van der Waals surface area (Å²) in [6, 6.07) is 5.92. The molecule has 22 heavy (non-hydrogen) atoms. The van der Waals surface area contributed by atoms with Crippen molar-refractivity contribution in [2.45, 2.75) is 19.3 Å². The molecule has 1 amide bonds. The number of carbonyl (C=O) groups is 2. The lowest BCUT2D eigenvalue weighted by molar-refractivity contribution is -0.145. The number of nitrogens with one attached hydrogen (secondary N) is 1. The van der Waals surface area contributed by atoms with Crippen LogP contribution in [-0.2, 0) is 20.7 Å². The normalized spacial score (nSPS) is 12.1. The molecule has 1 unspecified atom stereocenters. The monoisotopic (exact) mass is 371 g/mol.